The molecular formula is C25H48O6. The second kappa shape index (κ2) is 19.0. The number of aliphatic hydroxyl groups is 3. The number of aliphatic hydroxyl groups excluding tert-OH is 3. The van der Waals surface area contributed by atoms with Crippen LogP contribution in [0.2, 0.25) is 0 Å². The van der Waals surface area contributed by atoms with Gasteiger partial charge < -0.3 is 29.5 Å². The van der Waals surface area contributed by atoms with Crippen LogP contribution in [0.25, 0.3) is 0 Å². The molecule has 0 aromatic rings. The third-order valence-electron chi connectivity index (χ3n) is 6.02. The molecule has 1 rings (SSSR count). The lowest BCUT2D eigenvalue weighted by atomic mass is 9.99. The van der Waals surface area contributed by atoms with Crippen molar-refractivity contribution in [2.75, 3.05) is 20.3 Å². The summed E-state index contributed by atoms with van der Waals surface area (Å²) in [6, 6.07) is 0. The van der Waals surface area contributed by atoms with E-state index in [2.05, 4.69) is 19.1 Å². The Morgan fingerprint density at radius 2 is 1.32 bits per heavy atom. The topological polar surface area (TPSA) is 88.4 Å². The first-order chi connectivity index (χ1) is 15.2. The van der Waals surface area contributed by atoms with E-state index in [-0.39, 0.29) is 6.61 Å². The lowest BCUT2D eigenvalue weighted by Crippen LogP contribution is -2.59. The lowest BCUT2D eigenvalue weighted by Gasteiger charge is -2.41. The fraction of sp³-hybridized carbons (Fsp3) is 0.920. The Morgan fingerprint density at radius 1 is 0.774 bits per heavy atom. The zero-order valence-electron chi connectivity index (χ0n) is 19.9. The highest BCUT2D eigenvalue weighted by molar-refractivity contribution is 4.90. The maximum absolute atomic E-state index is 10.2. The van der Waals surface area contributed by atoms with Crippen LogP contribution in [0.5, 0.6) is 0 Å². The summed E-state index contributed by atoms with van der Waals surface area (Å²) in [4.78, 5) is 0. The molecule has 1 aliphatic rings. The van der Waals surface area contributed by atoms with E-state index in [9.17, 15) is 15.3 Å². The van der Waals surface area contributed by atoms with Crippen molar-refractivity contribution in [1.82, 2.24) is 0 Å². The molecule has 0 saturated carbocycles. The molecule has 1 heterocycles. The molecule has 6 nitrogen and oxygen atoms in total. The van der Waals surface area contributed by atoms with Crippen molar-refractivity contribution in [3.8, 4) is 0 Å². The van der Waals surface area contributed by atoms with Crippen LogP contribution in [0.4, 0.5) is 0 Å². The van der Waals surface area contributed by atoms with Crippen molar-refractivity contribution in [3.63, 3.8) is 0 Å². The second-order valence-electron chi connectivity index (χ2n) is 8.72. The smallest absolute Gasteiger partial charge is 0.186 e. The molecule has 0 spiro atoms. The fourth-order valence-electron chi connectivity index (χ4n) is 3.99. The van der Waals surface area contributed by atoms with Gasteiger partial charge in [-0.25, -0.2) is 0 Å². The van der Waals surface area contributed by atoms with Crippen LogP contribution in [-0.2, 0) is 14.2 Å². The Kier molecular flexibility index (Phi) is 17.5. The van der Waals surface area contributed by atoms with Crippen molar-refractivity contribution < 1.29 is 29.5 Å². The van der Waals surface area contributed by atoms with Crippen LogP contribution in [0.15, 0.2) is 12.2 Å². The molecule has 0 radical (unpaired) electrons. The van der Waals surface area contributed by atoms with Gasteiger partial charge in [0, 0.05) is 13.7 Å². The molecule has 5 atom stereocenters. The molecule has 31 heavy (non-hydrogen) atoms. The van der Waals surface area contributed by atoms with E-state index in [1.54, 1.807) is 0 Å². The summed E-state index contributed by atoms with van der Waals surface area (Å²) in [7, 11) is 1.46. The first-order valence-electron chi connectivity index (χ1n) is 12.6. The van der Waals surface area contributed by atoms with E-state index in [1.165, 1.54) is 84.2 Å². The van der Waals surface area contributed by atoms with Crippen molar-refractivity contribution in [2.24, 2.45) is 0 Å². The van der Waals surface area contributed by atoms with E-state index in [0.717, 1.165) is 12.8 Å². The van der Waals surface area contributed by atoms with Gasteiger partial charge in [-0.3, -0.25) is 0 Å². The fourth-order valence-corrected chi connectivity index (χ4v) is 3.99. The molecule has 0 aliphatic carbocycles. The highest BCUT2D eigenvalue weighted by Gasteiger charge is 2.45. The molecule has 1 saturated heterocycles. The van der Waals surface area contributed by atoms with E-state index in [4.69, 9.17) is 14.2 Å². The number of allylic oxidation sites excluding steroid dienone is 2. The molecule has 6 heteroatoms. The predicted octanol–water partition coefficient (Wildman–Crippen LogP) is 4.49. The van der Waals surface area contributed by atoms with Crippen molar-refractivity contribution >= 4 is 0 Å². The normalized spacial score (nSPS) is 26.7. The van der Waals surface area contributed by atoms with Gasteiger partial charge in [-0.15, -0.1) is 0 Å². The molecule has 0 bridgehead atoms. The van der Waals surface area contributed by atoms with Crippen LogP contribution in [-0.4, -0.2) is 66.3 Å². The molecule has 0 aromatic heterocycles. The third-order valence-corrected chi connectivity index (χ3v) is 6.02. The SMILES string of the molecule is CCCCCC/C=C\CCCCCCCCCCO[C@H]1C(OC)O[C@H](CO)[C@@H](O)[C@@H]1O. The van der Waals surface area contributed by atoms with Gasteiger partial charge >= 0.3 is 0 Å². The minimum Gasteiger partial charge on any atom is -0.394 e. The van der Waals surface area contributed by atoms with E-state index < -0.39 is 30.7 Å². The predicted molar refractivity (Wildman–Crippen MR) is 124 cm³/mol. The van der Waals surface area contributed by atoms with E-state index in [0.29, 0.717) is 6.61 Å². The summed E-state index contributed by atoms with van der Waals surface area (Å²) in [5.41, 5.74) is 0. The minimum atomic E-state index is -1.18. The molecule has 0 amide bonds. The van der Waals surface area contributed by atoms with Gasteiger partial charge in [0.15, 0.2) is 6.29 Å². The lowest BCUT2D eigenvalue weighted by molar-refractivity contribution is -0.303. The van der Waals surface area contributed by atoms with Gasteiger partial charge in [-0.1, -0.05) is 76.9 Å². The summed E-state index contributed by atoms with van der Waals surface area (Å²) >= 11 is 0. The molecule has 1 fully saturated rings. The zero-order valence-corrected chi connectivity index (χ0v) is 19.9. The molecule has 1 unspecified atom stereocenters. The first-order valence-corrected chi connectivity index (χ1v) is 12.6. The summed E-state index contributed by atoms with van der Waals surface area (Å²) in [5, 5.41) is 29.4. The summed E-state index contributed by atoms with van der Waals surface area (Å²) in [6.45, 7) is 2.37. The quantitative estimate of drug-likeness (QED) is 0.201. The number of ether oxygens (including phenoxy) is 3. The summed E-state index contributed by atoms with van der Waals surface area (Å²) in [6.07, 6.45) is 17.5. The van der Waals surface area contributed by atoms with Gasteiger partial charge in [-0.2, -0.15) is 0 Å². The number of unbranched alkanes of at least 4 members (excludes halogenated alkanes) is 12. The Bertz CT molecular complexity index is 428. The van der Waals surface area contributed by atoms with Gasteiger partial charge in [0.25, 0.3) is 0 Å². The van der Waals surface area contributed by atoms with Gasteiger partial charge in [-0.05, 0) is 32.1 Å². The minimum absolute atomic E-state index is 0.374. The van der Waals surface area contributed by atoms with Crippen LogP contribution >= 0.6 is 0 Å². The number of hydrogen-bond donors (Lipinski definition) is 3. The monoisotopic (exact) mass is 444 g/mol. The first kappa shape index (κ1) is 28.5. The van der Waals surface area contributed by atoms with E-state index >= 15 is 0 Å². The van der Waals surface area contributed by atoms with E-state index in [1.807, 2.05) is 0 Å². The molecule has 3 N–H and O–H groups in total. The third kappa shape index (κ3) is 12.4. The van der Waals surface area contributed by atoms with Crippen LogP contribution in [0.3, 0.4) is 0 Å². The summed E-state index contributed by atoms with van der Waals surface area (Å²) < 4.78 is 16.4. The van der Waals surface area contributed by atoms with Gasteiger partial charge in [0.2, 0.25) is 0 Å². The average Bonchev–Trinajstić information content (AvgIpc) is 2.78. The Balaban J connectivity index is 1.95. The maximum atomic E-state index is 10.2. The van der Waals surface area contributed by atoms with Crippen LogP contribution in [0.1, 0.15) is 96.8 Å². The maximum Gasteiger partial charge on any atom is 0.186 e. The highest BCUT2D eigenvalue weighted by atomic mass is 16.7. The van der Waals surface area contributed by atoms with Crippen LogP contribution in [0, 0.1) is 0 Å². The molecule has 1 aliphatic heterocycles. The Morgan fingerprint density at radius 3 is 1.87 bits per heavy atom. The summed E-state index contributed by atoms with van der Waals surface area (Å²) in [5.74, 6) is 0. The van der Waals surface area contributed by atoms with Crippen LogP contribution < -0.4 is 0 Å². The number of methoxy groups -OCH3 is 1. The zero-order chi connectivity index (χ0) is 22.7. The number of rotatable bonds is 19. The van der Waals surface area contributed by atoms with Gasteiger partial charge in [0.1, 0.15) is 24.4 Å². The molecular weight excluding hydrogens is 396 g/mol. The second-order valence-corrected chi connectivity index (χ2v) is 8.72. The average molecular weight is 445 g/mol. The number of hydrogen-bond acceptors (Lipinski definition) is 6. The largest absolute Gasteiger partial charge is 0.394 e. The standard InChI is InChI=1S/C25H48O6/c1-3-4-5-6-7-8-9-10-11-12-13-14-15-16-17-18-19-30-24-23(28)22(27)21(20-26)31-25(24)29-2/h8-9,21-28H,3-7,10-20H2,1-2H3/b9-8-/t21-,22-,23+,24-,25?/m1/s1. The van der Waals surface area contributed by atoms with Crippen molar-refractivity contribution in [1.29, 1.82) is 0 Å². The van der Waals surface area contributed by atoms with Crippen molar-refractivity contribution in [3.05, 3.63) is 12.2 Å². The Labute approximate surface area is 190 Å². The van der Waals surface area contributed by atoms with Gasteiger partial charge in [0.05, 0.1) is 6.61 Å². The highest BCUT2D eigenvalue weighted by Crippen LogP contribution is 2.24. The molecule has 184 valence electrons. The molecule has 0 aromatic carbocycles. The Hall–Kier alpha value is -0.500. The van der Waals surface area contributed by atoms with Crippen molar-refractivity contribution in [2.45, 2.75) is 128 Å².